The smallest absolute Gasteiger partial charge is 0.325 e. The fraction of sp³-hybridized carbons (Fsp3) is 0.389. The monoisotopic (exact) mass is 408 g/mol. The van der Waals surface area contributed by atoms with Crippen LogP contribution in [0.15, 0.2) is 30.3 Å². The average Bonchev–Trinajstić information content (AvgIpc) is 2.66. The summed E-state index contributed by atoms with van der Waals surface area (Å²) in [4.78, 5) is 58.5. The van der Waals surface area contributed by atoms with E-state index in [0.29, 0.717) is 5.56 Å². The molecule has 0 fully saturated rings. The number of hydrogen-bond donors (Lipinski definition) is 6. The highest BCUT2D eigenvalue weighted by Crippen LogP contribution is 2.05. The average molecular weight is 408 g/mol. The van der Waals surface area contributed by atoms with Crippen molar-refractivity contribution >= 4 is 29.7 Å². The Hall–Kier alpha value is -3.47. The van der Waals surface area contributed by atoms with Crippen LogP contribution in [-0.2, 0) is 30.4 Å². The molecule has 11 heteroatoms. The first-order valence-corrected chi connectivity index (χ1v) is 8.72. The standard InChI is InChI=1S/C18H24N4O7/c1-10(18(28)29)20-16(26)13(8-15(24)25)22-17(27)12(21-14(23)9-19)7-11-5-3-2-4-6-11/h2-6,10,12-13H,7-9,19H2,1H3,(H,20,26)(H,21,23)(H,22,27)(H,24,25)(H,28,29). The van der Waals surface area contributed by atoms with Gasteiger partial charge in [-0.1, -0.05) is 30.3 Å². The van der Waals surface area contributed by atoms with Gasteiger partial charge in [-0.2, -0.15) is 0 Å². The van der Waals surface area contributed by atoms with E-state index in [1.54, 1.807) is 30.3 Å². The molecule has 3 atom stereocenters. The van der Waals surface area contributed by atoms with Gasteiger partial charge in [-0.25, -0.2) is 0 Å². The Balaban J connectivity index is 2.97. The molecular formula is C18H24N4O7. The third-order valence-electron chi connectivity index (χ3n) is 3.86. The van der Waals surface area contributed by atoms with Crippen molar-refractivity contribution in [2.24, 2.45) is 5.73 Å². The number of hydrogen-bond acceptors (Lipinski definition) is 6. The lowest BCUT2D eigenvalue weighted by Crippen LogP contribution is -2.56. The Kier molecular flexibility index (Phi) is 9.26. The summed E-state index contributed by atoms with van der Waals surface area (Å²) in [7, 11) is 0. The van der Waals surface area contributed by atoms with Gasteiger partial charge >= 0.3 is 11.9 Å². The molecule has 3 unspecified atom stereocenters. The second-order valence-electron chi connectivity index (χ2n) is 6.24. The molecular weight excluding hydrogens is 384 g/mol. The van der Waals surface area contributed by atoms with Crippen molar-refractivity contribution in [3.63, 3.8) is 0 Å². The van der Waals surface area contributed by atoms with Gasteiger partial charge in [0.15, 0.2) is 0 Å². The topological polar surface area (TPSA) is 188 Å². The largest absolute Gasteiger partial charge is 0.481 e. The molecule has 0 spiro atoms. The van der Waals surface area contributed by atoms with Gasteiger partial charge in [0.1, 0.15) is 18.1 Å². The van der Waals surface area contributed by atoms with Crippen molar-refractivity contribution in [2.45, 2.75) is 37.9 Å². The minimum absolute atomic E-state index is 0.0748. The first-order chi connectivity index (χ1) is 13.6. The molecule has 3 amide bonds. The molecule has 1 rings (SSSR count). The van der Waals surface area contributed by atoms with Crippen molar-refractivity contribution in [3.05, 3.63) is 35.9 Å². The lowest BCUT2D eigenvalue weighted by atomic mass is 10.0. The van der Waals surface area contributed by atoms with E-state index in [1.807, 2.05) is 0 Å². The Morgan fingerprint density at radius 1 is 0.931 bits per heavy atom. The highest BCUT2D eigenvalue weighted by molar-refractivity contribution is 5.95. The molecule has 1 aromatic carbocycles. The number of carboxylic acid groups (broad SMARTS) is 2. The minimum atomic E-state index is -1.53. The van der Waals surface area contributed by atoms with Crippen LogP contribution < -0.4 is 21.7 Å². The normalized spacial score (nSPS) is 13.4. The number of carbonyl (C=O) groups is 5. The van der Waals surface area contributed by atoms with Gasteiger partial charge in [0.2, 0.25) is 17.7 Å². The van der Waals surface area contributed by atoms with E-state index in [4.69, 9.17) is 15.9 Å². The Labute approximate surface area is 166 Å². The van der Waals surface area contributed by atoms with Crippen molar-refractivity contribution < 1.29 is 34.2 Å². The number of amides is 3. The van der Waals surface area contributed by atoms with Crippen LogP contribution >= 0.6 is 0 Å². The highest BCUT2D eigenvalue weighted by Gasteiger charge is 2.29. The van der Waals surface area contributed by atoms with Crippen LogP contribution in [0.5, 0.6) is 0 Å². The zero-order chi connectivity index (χ0) is 22.0. The van der Waals surface area contributed by atoms with Crippen LogP contribution in [0.1, 0.15) is 18.9 Å². The second-order valence-corrected chi connectivity index (χ2v) is 6.24. The highest BCUT2D eigenvalue weighted by atomic mass is 16.4. The summed E-state index contributed by atoms with van der Waals surface area (Å²) in [5.41, 5.74) is 5.98. The molecule has 0 aliphatic heterocycles. The molecule has 0 aliphatic rings. The molecule has 0 bridgehead atoms. The molecule has 0 saturated heterocycles. The fourth-order valence-electron chi connectivity index (χ4n) is 2.34. The minimum Gasteiger partial charge on any atom is -0.481 e. The summed E-state index contributed by atoms with van der Waals surface area (Å²) in [5.74, 6) is -5.09. The number of nitrogens with one attached hydrogen (secondary N) is 3. The number of aliphatic carboxylic acids is 2. The van der Waals surface area contributed by atoms with Gasteiger partial charge in [0.25, 0.3) is 0 Å². The lowest BCUT2D eigenvalue weighted by molar-refractivity contribution is -0.143. The molecule has 0 aromatic heterocycles. The number of nitrogens with two attached hydrogens (primary N) is 1. The summed E-state index contributed by atoms with van der Waals surface area (Å²) in [6, 6.07) is 4.77. The summed E-state index contributed by atoms with van der Waals surface area (Å²) in [6.07, 6.45) is -0.696. The van der Waals surface area contributed by atoms with Crippen molar-refractivity contribution in [3.8, 4) is 0 Å². The molecule has 0 radical (unpaired) electrons. The molecule has 0 heterocycles. The SMILES string of the molecule is CC(NC(=O)C(CC(=O)O)NC(=O)C(Cc1ccccc1)NC(=O)CN)C(=O)O. The third-order valence-corrected chi connectivity index (χ3v) is 3.86. The van der Waals surface area contributed by atoms with Crippen LogP contribution in [0.25, 0.3) is 0 Å². The van der Waals surface area contributed by atoms with Crippen molar-refractivity contribution in [1.29, 1.82) is 0 Å². The van der Waals surface area contributed by atoms with Gasteiger partial charge in [0, 0.05) is 6.42 Å². The Bertz CT molecular complexity index is 754. The molecule has 11 nitrogen and oxygen atoms in total. The van der Waals surface area contributed by atoms with E-state index in [0.717, 1.165) is 0 Å². The van der Waals surface area contributed by atoms with Gasteiger partial charge in [-0.15, -0.1) is 0 Å². The number of carbonyl (C=O) groups excluding carboxylic acids is 3. The molecule has 7 N–H and O–H groups in total. The van der Waals surface area contributed by atoms with Crippen LogP contribution in [-0.4, -0.2) is 64.5 Å². The summed E-state index contributed by atoms with van der Waals surface area (Å²) in [5, 5.41) is 24.7. The Morgan fingerprint density at radius 2 is 1.52 bits per heavy atom. The Morgan fingerprint density at radius 3 is 2.03 bits per heavy atom. The summed E-state index contributed by atoms with van der Waals surface area (Å²) >= 11 is 0. The molecule has 1 aromatic rings. The van der Waals surface area contributed by atoms with Gasteiger partial charge < -0.3 is 31.9 Å². The fourth-order valence-corrected chi connectivity index (χ4v) is 2.34. The van der Waals surface area contributed by atoms with Crippen LogP contribution in [0.2, 0.25) is 0 Å². The zero-order valence-electron chi connectivity index (χ0n) is 15.8. The van der Waals surface area contributed by atoms with E-state index in [2.05, 4.69) is 16.0 Å². The maximum Gasteiger partial charge on any atom is 0.325 e. The molecule has 29 heavy (non-hydrogen) atoms. The summed E-state index contributed by atoms with van der Waals surface area (Å²) in [6.45, 7) is 0.827. The van der Waals surface area contributed by atoms with Crippen LogP contribution in [0, 0.1) is 0 Å². The number of benzene rings is 1. The maximum atomic E-state index is 12.7. The summed E-state index contributed by atoms with van der Waals surface area (Å²) < 4.78 is 0. The predicted molar refractivity (Wildman–Crippen MR) is 101 cm³/mol. The van der Waals surface area contributed by atoms with E-state index in [1.165, 1.54) is 6.92 Å². The first-order valence-electron chi connectivity index (χ1n) is 8.72. The maximum absolute atomic E-state index is 12.7. The van der Waals surface area contributed by atoms with Crippen molar-refractivity contribution in [2.75, 3.05) is 6.54 Å². The van der Waals surface area contributed by atoms with Gasteiger partial charge in [-0.05, 0) is 12.5 Å². The van der Waals surface area contributed by atoms with Crippen LogP contribution in [0.4, 0.5) is 0 Å². The zero-order valence-corrected chi connectivity index (χ0v) is 15.8. The van der Waals surface area contributed by atoms with Crippen molar-refractivity contribution in [1.82, 2.24) is 16.0 Å². The second kappa shape index (κ2) is 11.4. The van der Waals surface area contributed by atoms with E-state index < -0.39 is 54.2 Å². The van der Waals surface area contributed by atoms with E-state index in [9.17, 15) is 24.0 Å². The molecule has 0 saturated carbocycles. The van der Waals surface area contributed by atoms with E-state index >= 15 is 0 Å². The third kappa shape index (κ3) is 8.39. The van der Waals surface area contributed by atoms with Crippen LogP contribution in [0.3, 0.4) is 0 Å². The van der Waals surface area contributed by atoms with Gasteiger partial charge in [0.05, 0.1) is 13.0 Å². The van der Waals surface area contributed by atoms with E-state index in [-0.39, 0.29) is 13.0 Å². The molecule has 158 valence electrons. The molecule has 0 aliphatic carbocycles. The predicted octanol–water partition coefficient (Wildman–Crippen LogP) is -1.78. The van der Waals surface area contributed by atoms with Gasteiger partial charge in [-0.3, -0.25) is 24.0 Å². The number of rotatable bonds is 11. The first kappa shape index (κ1) is 23.6. The quantitative estimate of drug-likeness (QED) is 0.248. The number of carboxylic acids is 2. The lowest BCUT2D eigenvalue weighted by Gasteiger charge is -2.23.